The second-order valence-electron chi connectivity index (χ2n) is 7.29. The van der Waals surface area contributed by atoms with Crippen molar-refractivity contribution in [2.24, 2.45) is 5.92 Å². The van der Waals surface area contributed by atoms with Gasteiger partial charge in [0.2, 0.25) is 0 Å². The van der Waals surface area contributed by atoms with Crippen LogP contribution in [0.3, 0.4) is 0 Å². The van der Waals surface area contributed by atoms with Gasteiger partial charge in [-0.1, -0.05) is 31.2 Å². The van der Waals surface area contributed by atoms with Crippen molar-refractivity contribution in [3.63, 3.8) is 0 Å². The van der Waals surface area contributed by atoms with Crippen molar-refractivity contribution in [2.45, 2.75) is 31.6 Å². The third-order valence-corrected chi connectivity index (χ3v) is 6.91. The minimum atomic E-state index is -3.75. The molecule has 1 aliphatic heterocycles. The molecule has 1 fully saturated rings. The molecule has 0 bridgehead atoms. The Bertz CT molecular complexity index is 940. The summed E-state index contributed by atoms with van der Waals surface area (Å²) in [5, 5.41) is 0. The fourth-order valence-electron chi connectivity index (χ4n) is 3.55. The van der Waals surface area contributed by atoms with Crippen molar-refractivity contribution in [3.8, 4) is 0 Å². The zero-order valence-electron chi connectivity index (χ0n) is 16.1. The molecule has 2 aromatic carbocycles. The summed E-state index contributed by atoms with van der Waals surface area (Å²) in [4.78, 5) is 14.8. The summed E-state index contributed by atoms with van der Waals surface area (Å²) in [6.07, 6.45) is 2.11. The lowest BCUT2D eigenvalue weighted by Gasteiger charge is -2.31. The topological polar surface area (TPSA) is 57.7 Å². The monoisotopic (exact) mass is 386 g/mol. The molecule has 0 saturated carbocycles. The standard InChI is InChI=1S/C21H26N2O3S/c1-16-8-7-13-23(15-16)21(24)18-10-6-11-19(14-18)27(25,26)22(3)20-12-5-4-9-17(20)2/h4-6,9-12,14,16H,7-8,13,15H2,1-3H3/t16-/m1/s1. The lowest BCUT2D eigenvalue weighted by molar-refractivity contribution is 0.0683. The third-order valence-electron chi connectivity index (χ3n) is 5.14. The molecule has 5 nitrogen and oxygen atoms in total. The number of aryl methyl sites for hydroxylation is 1. The van der Waals surface area contributed by atoms with Gasteiger partial charge in [0, 0.05) is 25.7 Å². The highest BCUT2D eigenvalue weighted by Gasteiger charge is 2.26. The van der Waals surface area contributed by atoms with Crippen LogP contribution >= 0.6 is 0 Å². The number of rotatable bonds is 4. The quantitative estimate of drug-likeness (QED) is 0.805. The van der Waals surface area contributed by atoms with Gasteiger partial charge in [-0.05, 0) is 55.5 Å². The first kappa shape index (κ1) is 19.4. The van der Waals surface area contributed by atoms with Gasteiger partial charge in [0.15, 0.2) is 0 Å². The minimum absolute atomic E-state index is 0.0999. The second-order valence-corrected chi connectivity index (χ2v) is 9.25. The van der Waals surface area contributed by atoms with Crippen LogP contribution in [0.2, 0.25) is 0 Å². The number of carbonyl (C=O) groups excluding carboxylic acids is 1. The van der Waals surface area contributed by atoms with Gasteiger partial charge in [-0.3, -0.25) is 9.10 Å². The predicted octanol–water partition coefficient (Wildman–Crippen LogP) is 3.69. The van der Waals surface area contributed by atoms with E-state index in [4.69, 9.17) is 0 Å². The van der Waals surface area contributed by atoms with Crippen LogP contribution in [0.15, 0.2) is 53.4 Å². The predicted molar refractivity (Wildman–Crippen MR) is 108 cm³/mol. The van der Waals surface area contributed by atoms with Crippen molar-refractivity contribution in [1.82, 2.24) is 4.90 Å². The van der Waals surface area contributed by atoms with Gasteiger partial charge in [0.25, 0.3) is 15.9 Å². The molecule has 1 aliphatic rings. The first-order valence-electron chi connectivity index (χ1n) is 9.24. The van der Waals surface area contributed by atoms with Crippen molar-refractivity contribution >= 4 is 21.6 Å². The summed E-state index contributed by atoms with van der Waals surface area (Å²) in [6.45, 7) is 5.46. The number of carbonyl (C=O) groups is 1. The van der Waals surface area contributed by atoms with E-state index < -0.39 is 10.0 Å². The lowest BCUT2D eigenvalue weighted by Crippen LogP contribution is -2.39. The molecule has 0 aliphatic carbocycles. The van der Waals surface area contributed by atoms with E-state index in [1.165, 1.54) is 10.4 Å². The summed E-state index contributed by atoms with van der Waals surface area (Å²) in [5.41, 5.74) is 1.92. The molecule has 1 atom stereocenters. The van der Waals surface area contributed by atoms with E-state index in [-0.39, 0.29) is 10.8 Å². The largest absolute Gasteiger partial charge is 0.338 e. The van der Waals surface area contributed by atoms with E-state index in [1.807, 2.05) is 30.0 Å². The number of para-hydroxylation sites is 1. The summed E-state index contributed by atoms with van der Waals surface area (Å²) in [5.74, 6) is 0.374. The van der Waals surface area contributed by atoms with Crippen LogP contribution in [0.1, 0.15) is 35.7 Å². The molecule has 0 N–H and O–H groups in total. The van der Waals surface area contributed by atoms with E-state index in [9.17, 15) is 13.2 Å². The molecule has 2 aromatic rings. The van der Waals surface area contributed by atoms with Crippen LogP contribution < -0.4 is 4.31 Å². The fourth-order valence-corrected chi connectivity index (χ4v) is 4.86. The van der Waals surface area contributed by atoms with Crippen molar-refractivity contribution in [2.75, 3.05) is 24.4 Å². The number of likely N-dealkylation sites (tertiary alicyclic amines) is 1. The Labute approximate surface area is 161 Å². The van der Waals surface area contributed by atoms with Gasteiger partial charge < -0.3 is 4.90 Å². The zero-order valence-corrected chi connectivity index (χ0v) is 16.9. The Kier molecular flexibility index (Phi) is 5.56. The van der Waals surface area contributed by atoms with Crippen LogP contribution in [0.25, 0.3) is 0 Å². The first-order chi connectivity index (χ1) is 12.8. The highest BCUT2D eigenvalue weighted by atomic mass is 32.2. The molecule has 1 saturated heterocycles. The molecule has 144 valence electrons. The van der Waals surface area contributed by atoms with Crippen molar-refractivity contribution in [1.29, 1.82) is 0 Å². The number of benzene rings is 2. The van der Waals surface area contributed by atoms with Gasteiger partial charge in [-0.25, -0.2) is 8.42 Å². The van der Waals surface area contributed by atoms with Crippen LogP contribution in [0.5, 0.6) is 0 Å². The Hall–Kier alpha value is -2.34. The molecule has 1 amide bonds. The first-order valence-corrected chi connectivity index (χ1v) is 10.7. The Morgan fingerprint density at radius 1 is 1.15 bits per heavy atom. The number of hydrogen-bond acceptors (Lipinski definition) is 3. The minimum Gasteiger partial charge on any atom is -0.338 e. The summed E-state index contributed by atoms with van der Waals surface area (Å²) in [7, 11) is -2.21. The molecule has 0 radical (unpaired) electrons. The van der Waals surface area contributed by atoms with E-state index in [0.29, 0.717) is 17.2 Å². The average Bonchev–Trinajstić information content (AvgIpc) is 2.67. The number of piperidine rings is 1. The van der Waals surface area contributed by atoms with Crippen molar-refractivity contribution in [3.05, 3.63) is 59.7 Å². The van der Waals surface area contributed by atoms with E-state index >= 15 is 0 Å². The summed E-state index contributed by atoms with van der Waals surface area (Å²) in [6, 6.07) is 13.7. The molecular weight excluding hydrogens is 360 g/mol. The Morgan fingerprint density at radius 2 is 1.89 bits per heavy atom. The van der Waals surface area contributed by atoms with Crippen LogP contribution in [0.4, 0.5) is 5.69 Å². The van der Waals surface area contributed by atoms with E-state index in [2.05, 4.69) is 6.92 Å². The van der Waals surface area contributed by atoms with Crippen LogP contribution in [-0.4, -0.2) is 39.4 Å². The highest BCUT2D eigenvalue weighted by molar-refractivity contribution is 7.92. The maximum Gasteiger partial charge on any atom is 0.264 e. The zero-order chi connectivity index (χ0) is 19.6. The molecule has 6 heteroatoms. The number of anilines is 1. The second kappa shape index (κ2) is 7.72. The molecule has 1 heterocycles. The van der Waals surface area contributed by atoms with Gasteiger partial charge >= 0.3 is 0 Å². The number of nitrogens with zero attached hydrogens (tertiary/aromatic N) is 2. The number of hydrogen-bond donors (Lipinski definition) is 0. The SMILES string of the molecule is Cc1ccccc1N(C)S(=O)(=O)c1cccc(C(=O)N2CCC[C@@H](C)C2)c1. The Balaban J connectivity index is 1.90. The third kappa shape index (κ3) is 4.00. The normalized spacial score (nSPS) is 17.6. The molecule has 0 spiro atoms. The maximum atomic E-state index is 13.1. The Morgan fingerprint density at radius 3 is 2.59 bits per heavy atom. The molecular formula is C21H26N2O3S. The average molecular weight is 387 g/mol. The lowest BCUT2D eigenvalue weighted by atomic mass is 9.99. The smallest absolute Gasteiger partial charge is 0.264 e. The van der Waals surface area contributed by atoms with Gasteiger partial charge in [0.05, 0.1) is 10.6 Å². The van der Waals surface area contributed by atoms with E-state index in [1.54, 1.807) is 31.3 Å². The summed E-state index contributed by atoms with van der Waals surface area (Å²) < 4.78 is 27.5. The van der Waals surface area contributed by atoms with Gasteiger partial charge in [0.1, 0.15) is 0 Å². The molecule has 0 aromatic heterocycles. The van der Waals surface area contributed by atoms with Gasteiger partial charge in [-0.15, -0.1) is 0 Å². The van der Waals surface area contributed by atoms with Crippen molar-refractivity contribution < 1.29 is 13.2 Å². The molecule has 3 rings (SSSR count). The molecule has 0 unspecified atom stereocenters. The molecule has 27 heavy (non-hydrogen) atoms. The van der Waals surface area contributed by atoms with Crippen LogP contribution in [-0.2, 0) is 10.0 Å². The number of sulfonamides is 1. The van der Waals surface area contributed by atoms with E-state index in [0.717, 1.165) is 31.5 Å². The maximum absolute atomic E-state index is 13.1. The summed E-state index contributed by atoms with van der Waals surface area (Å²) >= 11 is 0. The fraction of sp³-hybridized carbons (Fsp3) is 0.381. The van der Waals surface area contributed by atoms with Gasteiger partial charge in [-0.2, -0.15) is 0 Å². The number of amides is 1. The highest BCUT2D eigenvalue weighted by Crippen LogP contribution is 2.26. The van der Waals surface area contributed by atoms with Crippen LogP contribution in [0, 0.1) is 12.8 Å².